The van der Waals surface area contributed by atoms with Gasteiger partial charge in [-0.3, -0.25) is 9.78 Å². The van der Waals surface area contributed by atoms with E-state index >= 15 is 0 Å². The van der Waals surface area contributed by atoms with E-state index in [1.54, 1.807) is 39.2 Å². The second-order valence-corrected chi connectivity index (χ2v) is 9.43. The van der Waals surface area contributed by atoms with Crippen molar-refractivity contribution in [1.82, 2.24) is 15.2 Å². The molecule has 3 heterocycles. The largest absolute Gasteiger partial charge is 0.459 e. The molecule has 4 rings (SSSR count). The number of aliphatic imine (C=N–C) groups is 1. The zero-order valence-corrected chi connectivity index (χ0v) is 20.7. The first-order chi connectivity index (χ1) is 16.3. The topological polar surface area (TPSA) is 83.9 Å². The van der Waals surface area contributed by atoms with Crippen molar-refractivity contribution >= 4 is 40.4 Å². The lowest BCUT2D eigenvalue weighted by molar-refractivity contribution is -0.143. The Morgan fingerprint density at radius 2 is 2.03 bits per heavy atom. The normalized spacial score (nSPS) is 17.3. The van der Waals surface area contributed by atoms with Crippen LogP contribution in [-0.2, 0) is 20.9 Å². The van der Waals surface area contributed by atoms with Crippen molar-refractivity contribution in [3.05, 3.63) is 87.3 Å². The van der Waals surface area contributed by atoms with Gasteiger partial charge in [0.25, 0.3) is 0 Å². The molecule has 0 fully saturated rings. The zero-order chi connectivity index (χ0) is 24.2. The molecule has 9 heteroatoms. The predicted molar refractivity (Wildman–Crippen MR) is 134 cm³/mol. The van der Waals surface area contributed by atoms with E-state index in [0.717, 1.165) is 16.8 Å². The van der Waals surface area contributed by atoms with Gasteiger partial charge in [0.2, 0.25) is 5.91 Å². The van der Waals surface area contributed by atoms with E-state index in [0.29, 0.717) is 28.0 Å². The highest BCUT2D eigenvalue weighted by Crippen LogP contribution is 2.46. The molecule has 1 aromatic heterocycles. The number of nitrogens with one attached hydrogen (secondary N) is 1. The number of fused-ring (bicyclic) bond motifs is 1. The molecule has 0 saturated carbocycles. The van der Waals surface area contributed by atoms with Gasteiger partial charge in [0.05, 0.1) is 29.8 Å². The quantitative estimate of drug-likeness (QED) is 0.545. The van der Waals surface area contributed by atoms with Crippen LogP contribution in [0.2, 0.25) is 5.02 Å². The van der Waals surface area contributed by atoms with Gasteiger partial charge < -0.3 is 15.0 Å². The average Bonchev–Trinajstić information content (AvgIpc) is 3.19. The number of halogens is 1. The number of nitrogens with zero attached hydrogens (tertiary/aromatic N) is 3. The summed E-state index contributed by atoms with van der Waals surface area (Å²) in [6, 6.07) is 10.6. The molecule has 2 aromatic rings. The van der Waals surface area contributed by atoms with Crippen LogP contribution in [0, 0.1) is 0 Å². The lowest BCUT2D eigenvalue weighted by Gasteiger charge is -2.36. The van der Waals surface area contributed by atoms with Crippen LogP contribution < -0.4 is 5.32 Å². The van der Waals surface area contributed by atoms with Gasteiger partial charge in [-0.05, 0) is 49.4 Å². The molecule has 1 aromatic carbocycles. The molecule has 0 aliphatic carbocycles. The van der Waals surface area contributed by atoms with Crippen LogP contribution in [-0.4, -0.2) is 33.0 Å². The Morgan fingerprint density at radius 1 is 1.24 bits per heavy atom. The summed E-state index contributed by atoms with van der Waals surface area (Å²) >= 11 is 8.01. The Labute approximate surface area is 207 Å². The van der Waals surface area contributed by atoms with Gasteiger partial charge in [-0.15, -0.1) is 0 Å². The smallest absolute Gasteiger partial charge is 0.338 e. The third-order valence-electron chi connectivity index (χ3n) is 5.32. The highest BCUT2D eigenvalue weighted by molar-refractivity contribution is 8.16. The first kappa shape index (κ1) is 24.0. The predicted octanol–water partition coefficient (Wildman–Crippen LogP) is 4.97. The average molecular weight is 497 g/mol. The highest BCUT2D eigenvalue weighted by atomic mass is 35.5. The molecule has 176 valence electrons. The fourth-order valence-electron chi connectivity index (χ4n) is 3.83. The number of hydrogen-bond acceptors (Lipinski definition) is 7. The van der Waals surface area contributed by atoms with Crippen molar-refractivity contribution in [2.24, 2.45) is 4.99 Å². The van der Waals surface area contributed by atoms with Crippen molar-refractivity contribution in [3.8, 4) is 0 Å². The number of amidine groups is 1. The molecular formula is C25H25ClN4O3S. The molecule has 0 unspecified atom stereocenters. The molecule has 34 heavy (non-hydrogen) atoms. The zero-order valence-electron chi connectivity index (χ0n) is 19.1. The molecule has 0 spiro atoms. The Balaban J connectivity index is 1.63. The second-order valence-electron chi connectivity index (χ2n) is 8.18. The van der Waals surface area contributed by atoms with Crippen LogP contribution in [0.5, 0.6) is 0 Å². The summed E-state index contributed by atoms with van der Waals surface area (Å²) in [5.74, 6) is -0.593. The fourth-order valence-corrected chi connectivity index (χ4v) is 5.03. The number of benzene rings is 1. The lowest BCUT2D eigenvalue weighted by atomic mass is 9.93. The summed E-state index contributed by atoms with van der Waals surface area (Å²) < 4.78 is 5.56. The van der Waals surface area contributed by atoms with Crippen LogP contribution in [0.1, 0.15) is 44.4 Å². The van der Waals surface area contributed by atoms with Crippen LogP contribution in [0.15, 0.2) is 76.2 Å². The summed E-state index contributed by atoms with van der Waals surface area (Å²) in [6.45, 7) is 5.79. The first-order valence-electron chi connectivity index (χ1n) is 10.9. The monoisotopic (exact) mass is 496 g/mol. The van der Waals surface area contributed by atoms with Crippen LogP contribution >= 0.6 is 23.4 Å². The standard InChI is InChI=1S/C25H25ClN4O3S/c1-15(2)33-24(32)22-16(3)29-25-30(23(22)19-8-4-5-9-20(19)26)18(14-34-25)11-21(31)28-13-17-7-6-10-27-12-17/h4-10,12,14-15,23H,11,13H2,1-3H3,(H,28,31)/t23-/m0/s1. The molecule has 0 bridgehead atoms. The second kappa shape index (κ2) is 10.4. The van der Waals surface area contributed by atoms with E-state index in [-0.39, 0.29) is 18.4 Å². The Bertz CT molecular complexity index is 1190. The number of hydrogen-bond donors (Lipinski definition) is 1. The van der Waals surface area contributed by atoms with E-state index in [4.69, 9.17) is 16.3 Å². The van der Waals surface area contributed by atoms with Gasteiger partial charge >= 0.3 is 5.97 Å². The van der Waals surface area contributed by atoms with Crippen molar-refractivity contribution in [1.29, 1.82) is 0 Å². The number of ether oxygens (including phenoxy) is 1. The highest BCUT2D eigenvalue weighted by Gasteiger charge is 2.42. The number of carbonyl (C=O) groups excluding carboxylic acids is 2. The van der Waals surface area contributed by atoms with Crippen LogP contribution in [0.4, 0.5) is 0 Å². The molecule has 1 amide bonds. The summed E-state index contributed by atoms with van der Waals surface area (Å²) in [7, 11) is 0. The van der Waals surface area contributed by atoms with Crippen molar-refractivity contribution in [2.45, 2.75) is 45.9 Å². The summed E-state index contributed by atoms with van der Waals surface area (Å²) in [4.78, 5) is 36.6. The molecule has 2 aliphatic heterocycles. The minimum absolute atomic E-state index is 0.124. The minimum Gasteiger partial charge on any atom is -0.459 e. The number of amides is 1. The third-order valence-corrected chi connectivity index (χ3v) is 6.55. The molecule has 2 aliphatic rings. The number of thioether (sulfide) groups is 1. The lowest BCUT2D eigenvalue weighted by Crippen LogP contribution is -2.38. The van der Waals surface area contributed by atoms with Gasteiger partial charge in [0, 0.05) is 29.7 Å². The molecular weight excluding hydrogens is 472 g/mol. The number of carbonyl (C=O) groups is 2. The molecule has 0 saturated heterocycles. The van der Waals surface area contributed by atoms with Crippen LogP contribution in [0.25, 0.3) is 0 Å². The number of pyridine rings is 1. The number of rotatable bonds is 7. The van der Waals surface area contributed by atoms with Crippen LogP contribution in [0.3, 0.4) is 0 Å². The van der Waals surface area contributed by atoms with E-state index in [1.165, 1.54) is 11.8 Å². The number of esters is 1. The van der Waals surface area contributed by atoms with Gasteiger partial charge in [-0.2, -0.15) is 0 Å². The van der Waals surface area contributed by atoms with Gasteiger partial charge in [0.15, 0.2) is 5.17 Å². The Hall–Kier alpha value is -3.10. The maximum absolute atomic E-state index is 13.2. The fraction of sp³-hybridized carbons (Fsp3) is 0.280. The van der Waals surface area contributed by atoms with Crippen molar-refractivity contribution in [3.63, 3.8) is 0 Å². The van der Waals surface area contributed by atoms with E-state index in [1.807, 2.05) is 40.6 Å². The number of aromatic nitrogens is 1. The molecule has 1 atom stereocenters. The third kappa shape index (κ3) is 5.18. The van der Waals surface area contributed by atoms with Crippen molar-refractivity contribution in [2.75, 3.05) is 0 Å². The Morgan fingerprint density at radius 3 is 2.74 bits per heavy atom. The minimum atomic E-state index is -0.556. The summed E-state index contributed by atoms with van der Waals surface area (Å²) in [5, 5.41) is 6.05. The van der Waals surface area contributed by atoms with E-state index in [9.17, 15) is 9.59 Å². The van der Waals surface area contributed by atoms with Crippen molar-refractivity contribution < 1.29 is 14.3 Å². The van der Waals surface area contributed by atoms with Gasteiger partial charge in [0.1, 0.15) is 0 Å². The van der Waals surface area contributed by atoms with Gasteiger partial charge in [-0.25, -0.2) is 9.79 Å². The van der Waals surface area contributed by atoms with Gasteiger partial charge in [-0.1, -0.05) is 47.6 Å². The maximum atomic E-state index is 13.2. The summed E-state index contributed by atoms with van der Waals surface area (Å²) in [6.07, 6.45) is 3.24. The molecule has 7 nitrogen and oxygen atoms in total. The molecule has 0 radical (unpaired) electrons. The Kier molecular flexibility index (Phi) is 7.38. The SMILES string of the molecule is CC1=C(C(=O)OC(C)C)[C@H](c2ccccc2Cl)N2C(CC(=O)NCc3cccnc3)=CSC2=N1. The maximum Gasteiger partial charge on any atom is 0.338 e. The number of allylic oxidation sites excluding steroid dienone is 1. The first-order valence-corrected chi connectivity index (χ1v) is 12.2. The van der Waals surface area contributed by atoms with E-state index < -0.39 is 12.0 Å². The molecule has 1 N–H and O–H groups in total. The summed E-state index contributed by atoms with van der Waals surface area (Å²) in [5.41, 5.74) is 3.38. The van der Waals surface area contributed by atoms with E-state index in [2.05, 4.69) is 15.3 Å².